The molecule has 0 amide bonds. The molecule has 0 bridgehead atoms. The Hall–Kier alpha value is -0.830. The smallest absolute Gasteiger partial charge is 0.171 e. The monoisotopic (exact) mass is 197 g/mol. The Bertz CT molecular complexity index is 297. The average molecular weight is 198 g/mol. The summed E-state index contributed by atoms with van der Waals surface area (Å²) in [4.78, 5) is 8.07. The summed E-state index contributed by atoms with van der Waals surface area (Å²) < 4.78 is 0. The highest BCUT2D eigenvalue weighted by Crippen LogP contribution is 2.30. The molecule has 1 heterocycles. The van der Waals surface area contributed by atoms with Crippen molar-refractivity contribution in [2.24, 2.45) is 5.92 Å². The van der Waals surface area contributed by atoms with E-state index in [-0.39, 0.29) is 0 Å². The number of hydrogen-bond acceptors (Lipinski definition) is 3. The molecule has 70 valence electrons. The summed E-state index contributed by atoms with van der Waals surface area (Å²) in [7, 11) is 0. The van der Waals surface area contributed by atoms with Gasteiger partial charge in [0.1, 0.15) is 0 Å². The predicted octanol–water partition coefficient (Wildman–Crippen LogP) is 2.34. The van der Waals surface area contributed by atoms with Gasteiger partial charge in [-0.05, 0) is 18.8 Å². The van der Waals surface area contributed by atoms with Crippen LogP contribution in [0.15, 0.2) is 12.4 Å². The Morgan fingerprint density at radius 1 is 1.38 bits per heavy atom. The number of anilines is 1. The molecule has 0 spiro atoms. The van der Waals surface area contributed by atoms with Gasteiger partial charge in [-0.15, -0.1) is 0 Å². The highest BCUT2D eigenvalue weighted by atomic mass is 35.5. The van der Waals surface area contributed by atoms with Gasteiger partial charge in [0.15, 0.2) is 11.0 Å². The summed E-state index contributed by atoms with van der Waals surface area (Å²) in [6.45, 7) is 2.25. The number of nitrogens with one attached hydrogen (secondary N) is 1. The predicted molar refractivity (Wildman–Crippen MR) is 52.9 cm³/mol. The topological polar surface area (TPSA) is 37.8 Å². The van der Waals surface area contributed by atoms with Crippen LogP contribution in [0.1, 0.15) is 19.8 Å². The lowest BCUT2D eigenvalue weighted by molar-refractivity contribution is 0.308. The van der Waals surface area contributed by atoms with E-state index in [4.69, 9.17) is 11.6 Å². The van der Waals surface area contributed by atoms with E-state index in [9.17, 15) is 0 Å². The van der Waals surface area contributed by atoms with Gasteiger partial charge in [0.25, 0.3) is 0 Å². The van der Waals surface area contributed by atoms with Crippen LogP contribution in [0, 0.1) is 5.92 Å². The largest absolute Gasteiger partial charge is 0.365 e. The van der Waals surface area contributed by atoms with Crippen LogP contribution < -0.4 is 5.32 Å². The second-order valence-corrected chi connectivity index (χ2v) is 3.97. The molecular weight excluding hydrogens is 186 g/mol. The summed E-state index contributed by atoms with van der Waals surface area (Å²) in [5.74, 6) is 1.54. The Kier molecular flexibility index (Phi) is 2.36. The quantitative estimate of drug-likeness (QED) is 0.791. The van der Waals surface area contributed by atoms with Crippen molar-refractivity contribution in [1.82, 2.24) is 9.97 Å². The van der Waals surface area contributed by atoms with Crippen LogP contribution in [0.5, 0.6) is 0 Å². The fourth-order valence-corrected chi connectivity index (χ4v) is 1.79. The molecule has 3 nitrogen and oxygen atoms in total. The minimum absolute atomic E-state index is 0.460. The minimum atomic E-state index is 0.460. The third-order valence-corrected chi connectivity index (χ3v) is 2.64. The molecule has 1 aliphatic rings. The molecule has 0 aromatic carbocycles. The first kappa shape index (κ1) is 8.75. The van der Waals surface area contributed by atoms with Crippen LogP contribution in [0.25, 0.3) is 0 Å². The van der Waals surface area contributed by atoms with Gasteiger partial charge in [-0.1, -0.05) is 18.5 Å². The number of rotatable bonds is 2. The van der Waals surface area contributed by atoms with E-state index in [1.807, 2.05) is 0 Å². The van der Waals surface area contributed by atoms with Crippen molar-refractivity contribution in [2.75, 3.05) is 5.32 Å². The SMILES string of the molecule is CC1CC(Nc2nccnc2Cl)C1. The molecule has 1 aromatic rings. The van der Waals surface area contributed by atoms with E-state index in [0.717, 1.165) is 5.92 Å². The fraction of sp³-hybridized carbons (Fsp3) is 0.556. The molecule has 1 N–H and O–H groups in total. The third kappa shape index (κ3) is 1.91. The van der Waals surface area contributed by atoms with Crippen molar-refractivity contribution in [1.29, 1.82) is 0 Å². The van der Waals surface area contributed by atoms with Crippen LogP contribution in [0.3, 0.4) is 0 Å². The van der Waals surface area contributed by atoms with E-state index < -0.39 is 0 Å². The third-order valence-electron chi connectivity index (χ3n) is 2.37. The molecule has 1 aromatic heterocycles. The summed E-state index contributed by atoms with van der Waals surface area (Å²) in [5.41, 5.74) is 0. The molecule has 1 aliphatic carbocycles. The molecule has 0 unspecified atom stereocenters. The van der Waals surface area contributed by atoms with Crippen LogP contribution in [0.2, 0.25) is 5.15 Å². The normalized spacial score (nSPS) is 26.6. The Labute approximate surface area is 82.5 Å². The Morgan fingerprint density at radius 3 is 2.69 bits per heavy atom. The summed E-state index contributed by atoms with van der Waals surface area (Å²) in [6, 6.07) is 0.532. The van der Waals surface area contributed by atoms with Crippen molar-refractivity contribution >= 4 is 17.4 Å². The van der Waals surface area contributed by atoms with Gasteiger partial charge in [0.2, 0.25) is 0 Å². The maximum absolute atomic E-state index is 5.85. The first-order valence-electron chi connectivity index (χ1n) is 4.48. The van der Waals surface area contributed by atoms with Gasteiger partial charge in [-0.3, -0.25) is 0 Å². The second kappa shape index (κ2) is 3.50. The average Bonchev–Trinajstić information content (AvgIpc) is 2.06. The zero-order chi connectivity index (χ0) is 9.26. The molecule has 1 saturated carbocycles. The Morgan fingerprint density at radius 2 is 2.08 bits per heavy atom. The van der Waals surface area contributed by atoms with Crippen molar-refractivity contribution < 1.29 is 0 Å². The van der Waals surface area contributed by atoms with Gasteiger partial charge >= 0.3 is 0 Å². The minimum Gasteiger partial charge on any atom is -0.365 e. The molecule has 2 rings (SSSR count). The van der Waals surface area contributed by atoms with E-state index in [1.54, 1.807) is 12.4 Å². The number of hydrogen-bond donors (Lipinski definition) is 1. The molecule has 0 atom stereocenters. The molecular formula is C9H12ClN3. The number of halogens is 1. The van der Waals surface area contributed by atoms with Crippen molar-refractivity contribution in [2.45, 2.75) is 25.8 Å². The van der Waals surface area contributed by atoms with Gasteiger partial charge in [-0.25, -0.2) is 9.97 Å². The molecule has 4 heteroatoms. The van der Waals surface area contributed by atoms with Crippen molar-refractivity contribution in [3.05, 3.63) is 17.5 Å². The van der Waals surface area contributed by atoms with E-state index in [0.29, 0.717) is 17.0 Å². The van der Waals surface area contributed by atoms with Crippen LogP contribution >= 0.6 is 11.6 Å². The van der Waals surface area contributed by atoms with E-state index in [2.05, 4.69) is 22.2 Å². The van der Waals surface area contributed by atoms with Gasteiger partial charge in [0, 0.05) is 18.4 Å². The zero-order valence-corrected chi connectivity index (χ0v) is 8.25. The lowest BCUT2D eigenvalue weighted by Gasteiger charge is -2.33. The van der Waals surface area contributed by atoms with Crippen LogP contribution in [-0.2, 0) is 0 Å². The summed E-state index contributed by atoms with van der Waals surface area (Å²) in [5, 5.41) is 3.73. The van der Waals surface area contributed by atoms with Crippen molar-refractivity contribution in [3.8, 4) is 0 Å². The fourth-order valence-electron chi connectivity index (χ4n) is 1.63. The van der Waals surface area contributed by atoms with Crippen LogP contribution in [-0.4, -0.2) is 16.0 Å². The first-order valence-corrected chi connectivity index (χ1v) is 4.86. The summed E-state index contributed by atoms with van der Waals surface area (Å²) >= 11 is 5.85. The highest BCUT2D eigenvalue weighted by Gasteiger charge is 2.25. The molecule has 13 heavy (non-hydrogen) atoms. The maximum Gasteiger partial charge on any atom is 0.171 e. The Balaban J connectivity index is 1.98. The first-order chi connectivity index (χ1) is 6.25. The second-order valence-electron chi connectivity index (χ2n) is 3.61. The summed E-state index contributed by atoms with van der Waals surface area (Å²) in [6.07, 6.45) is 5.65. The molecule has 0 radical (unpaired) electrons. The van der Waals surface area contributed by atoms with Crippen molar-refractivity contribution in [3.63, 3.8) is 0 Å². The molecule has 0 aliphatic heterocycles. The maximum atomic E-state index is 5.85. The zero-order valence-electron chi connectivity index (χ0n) is 7.50. The number of nitrogens with zero attached hydrogens (tertiary/aromatic N) is 2. The lowest BCUT2D eigenvalue weighted by Crippen LogP contribution is -2.34. The van der Waals surface area contributed by atoms with Gasteiger partial charge in [-0.2, -0.15) is 0 Å². The number of aromatic nitrogens is 2. The molecule has 0 saturated heterocycles. The van der Waals surface area contributed by atoms with Gasteiger partial charge < -0.3 is 5.32 Å². The van der Waals surface area contributed by atoms with E-state index in [1.165, 1.54) is 12.8 Å². The van der Waals surface area contributed by atoms with E-state index >= 15 is 0 Å². The van der Waals surface area contributed by atoms with Crippen LogP contribution in [0.4, 0.5) is 5.82 Å². The van der Waals surface area contributed by atoms with Gasteiger partial charge in [0.05, 0.1) is 0 Å². The lowest BCUT2D eigenvalue weighted by atomic mass is 9.82. The highest BCUT2D eigenvalue weighted by molar-refractivity contribution is 6.31. The standard InChI is InChI=1S/C9H12ClN3/c1-6-4-7(5-6)13-9-8(10)11-2-3-12-9/h2-3,6-7H,4-5H2,1H3,(H,12,13). The molecule has 1 fully saturated rings.